The average Bonchev–Trinajstić information content (AvgIpc) is 2.53. The second-order valence-corrected chi connectivity index (χ2v) is 5.50. The van der Waals surface area contributed by atoms with Gasteiger partial charge < -0.3 is 20.1 Å². The Morgan fingerprint density at radius 1 is 1.57 bits per heavy atom. The molecule has 0 aromatic carbocycles. The van der Waals surface area contributed by atoms with Crippen LogP contribution in [0.2, 0.25) is 0 Å². The van der Waals surface area contributed by atoms with Gasteiger partial charge in [-0.15, -0.1) is 0 Å². The first kappa shape index (κ1) is 15.7. The van der Waals surface area contributed by atoms with Crippen LogP contribution in [-0.2, 0) is 4.74 Å². The fourth-order valence-corrected chi connectivity index (χ4v) is 2.30. The molecule has 1 aliphatic rings. The van der Waals surface area contributed by atoms with E-state index in [9.17, 15) is 9.90 Å². The Morgan fingerprint density at radius 3 is 2.95 bits per heavy atom. The summed E-state index contributed by atoms with van der Waals surface area (Å²) in [4.78, 5) is 18.8. The van der Waals surface area contributed by atoms with Crippen molar-refractivity contribution < 1.29 is 14.6 Å². The van der Waals surface area contributed by atoms with E-state index in [0.29, 0.717) is 31.1 Å². The van der Waals surface area contributed by atoms with Crippen LogP contribution in [0.4, 0.5) is 5.82 Å². The molecule has 0 aliphatic carbocycles. The molecule has 1 amide bonds. The third kappa shape index (κ3) is 3.71. The molecule has 21 heavy (non-hydrogen) atoms. The number of hydrogen-bond acceptors (Lipinski definition) is 5. The maximum Gasteiger partial charge on any atom is 0.254 e. The van der Waals surface area contributed by atoms with Crippen LogP contribution >= 0.6 is 0 Å². The number of aliphatic hydroxyl groups is 1. The number of anilines is 1. The van der Waals surface area contributed by atoms with Crippen LogP contribution in [0.1, 0.15) is 35.8 Å². The molecule has 1 aliphatic heterocycles. The van der Waals surface area contributed by atoms with Crippen LogP contribution in [0.5, 0.6) is 0 Å². The average molecular weight is 293 g/mol. The smallest absolute Gasteiger partial charge is 0.254 e. The van der Waals surface area contributed by atoms with Crippen molar-refractivity contribution in [2.24, 2.45) is 0 Å². The van der Waals surface area contributed by atoms with Gasteiger partial charge >= 0.3 is 0 Å². The second-order valence-electron chi connectivity index (χ2n) is 5.50. The van der Waals surface area contributed by atoms with Gasteiger partial charge in [-0.2, -0.15) is 0 Å². The van der Waals surface area contributed by atoms with Gasteiger partial charge in [-0.1, -0.05) is 13.8 Å². The minimum Gasteiger partial charge on any atom is -0.394 e. The molecule has 2 N–H and O–H groups in total. The summed E-state index contributed by atoms with van der Waals surface area (Å²) < 4.78 is 5.38. The summed E-state index contributed by atoms with van der Waals surface area (Å²) in [5.41, 5.74) is 1.51. The van der Waals surface area contributed by atoms with Crippen molar-refractivity contribution >= 4 is 11.7 Å². The summed E-state index contributed by atoms with van der Waals surface area (Å²) in [6.45, 7) is 5.45. The Hall–Kier alpha value is -1.66. The largest absolute Gasteiger partial charge is 0.394 e. The molecule has 1 unspecified atom stereocenters. The van der Waals surface area contributed by atoms with E-state index in [1.54, 1.807) is 18.0 Å². The van der Waals surface area contributed by atoms with Crippen molar-refractivity contribution in [3.8, 4) is 0 Å². The first-order valence-electron chi connectivity index (χ1n) is 7.26. The van der Waals surface area contributed by atoms with Gasteiger partial charge in [0.1, 0.15) is 5.82 Å². The number of hydrogen-bond donors (Lipinski definition) is 2. The van der Waals surface area contributed by atoms with Crippen molar-refractivity contribution in [3.63, 3.8) is 0 Å². The fourth-order valence-electron chi connectivity index (χ4n) is 2.30. The van der Waals surface area contributed by atoms with Crippen LogP contribution < -0.4 is 5.32 Å². The number of rotatable bonds is 4. The second kappa shape index (κ2) is 6.87. The molecular weight excluding hydrogens is 270 g/mol. The standard InChI is InChI=1S/C15H23N3O3/c1-10(2)13-6-11(7-14(16-3)17-13)15(20)18-4-5-21-12(8-18)9-19/h6-7,10,12,19H,4-5,8-9H2,1-3H3,(H,16,17). The number of nitrogens with zero attached hydrogens (tertiary/aromatic N) is 2. The van der Waals surface area contributed by atoms with Crippen molar-refractivity contribution in [1.82, 2.24) is 9.88 Å². The summed E-state index contributed by atoms with van der Waals surface area (Å²) in [6, 6.07) is 3.61. The molecule has 6 nitrogen and oxygen atoms in total. The van der Waals surface area contributed by atoms with Crippen LogP contribution in [0.15, 0.2) is 12.1 Å². The molecule has 2 rings (SSSR count). The Morgan fingerprint density at radius 2 is 2.33 bits per heavy atom. The van der Waals surface area contributed by atoms with Gasteiger partial charge in [0.05, 0.1) is 19.3 Å². The van der Waals surface area contributed by atoms with Crippen LogP contribution in [0.3, 0.4) is 0 Å². The number of morpholine rings is 1. The van der Waals surface area contributed by atoms with Gasteiger partial charge in [-0.3, -0.25) is 4.79 Å². The topological polar surface area (TPSA) is 74.7 Å². The highest BCUT2D eigenvalue weighted by Gasteiger charge is 2.25. The van der Waals surface area contributed by atoms with E-state index >= 15 is 0 Å². The number of aromatic nitrogens is 1. The predicted octanol–water partition coefficient (Wildman–Crippen LogP) is 1.08. The fraction of sp³-hybridized carbons (Fsp3) is 0.600. The van der Waals surface area contributed by atoms with E-state index in [4.69, 9.17) is 4.74 Å². The third-order valence-electron chi connectivity index (χ3n) is 3.57. The zero-order valence-electron chi connectivity index (χ0n) is 12.8. The molecular formula is C15H23N3O3. The number of carbonyl (C=O) groups excluding carboxylic acids is 1. The Bertz CT molecular complexity index is 505. The first-order chi connectivity index (χ1) is 10.0. The molecule has 1 saturated heterocycles. The number of pyridine rings is 1. The zero-order chi connectivity index (χ0) is 15.4. The molecule has 1 fully saturated rings. The summed E-state index contributed by atoms with van der Waals surface area (Å²) in [7, 11) is 1.79. The summed E-state index contributed by atoms with van der Waals surface area (Å²) in [5, 5.41) is 12.2. The number of carbonyl (C=O) groups is 1. The van der Waals surface area contributed by atoms with Crippen molar-refractivity contribution in [3.05, 3.63) is 23.4 Å². The molecule has 0 bridgehead atoms. The summed E-state index contributed by atoms with van der Waals surface area (Å²) >= 11 is 0. The van der Waals surface area contributed by atoms with Gasteiger partial charge in [-0.25, -0.2) is 4.98 Å². The lowest BCUT2D eigenvalue weighted by molar-refractivity contribution is -0.0447. The van der Waals surface area contributed by atoms with E-state index in [2.05, 4.69) is 10.3 Å². The molecule has 0 radical (unpaired) electrons. The van der Waals surface area contributed by atoms with E-state index in [0.717, 1.165) is 5.69 Å². The number of aliphatic hydroxyl groups excluding tert-OH is 1. The first-order valence-corrected chi connectivity index (χ1v) is 7.26. The van der Waals surface area contributed by atoms with Crippen molar-refractivity contribution in [2.45, 2.75) is 25.9 Å². The van der Waals surface area contributed by atoms with Gasteiger partial charge in [0, 0.05) is 31.4 Å². The van der Waals surface area contributed by atoms with Crippen LogP contribution in [0.25, 0.3) is 0 Å². The minimum atomic E-state index is -0.294. The van der Waals surface area contributed by atoms with Gasteiger partial charge in [0.25, 0.3) is 5.91 Å². The van der Waals surface area contributed by atoms with E-state index in [1.165, 1.54) is 0 Å². The maximum atomic E-state index is 12.6. The van der Waals surface area contributed by atoms with E-state index < -0.39 is 0 Å². The molecule has 6 heteroatoms. The number of ether oxygens (including phenoxy) is 1. The SMILES string of the molecule is CNc1cc(C(=O)N2CCOC(CO)C2)cc(C(C)C)n1. The van der Waals surface area contributed by atoms with Crippen molar-refractivity contribution in [1.29, 1.82) is 0 Å². The molecule has 116 valence electrons. The van der Waals surface area contributed by atoms with Crippen LogP contribution in [-0.4, -0.2) is 60.4 Å². The highest BCUT2D eigenvalue weighted by atomic mass is 16.5. The van der Waals surface area contributed by atoms with E-state index in [1.807, 2.05) is 19.9 Å². The Labute approximate surface area is 125 Å². The quantitative estimate of drug-likeness (QED) is 0.869. The number of amides is 1. The highest BCUT2D eigenvalue weighted by Crippen LogP contribution is 2.19. The normalized spacial score (nSPS) is 18.9. The Kier molecular flexibility index (Phi) is 5.14. The number of nitrogens with one attached hydrogen (secondary N) is 1. The lowest BCUT2D eigenvalue weighted by Crippen LogP contribution is -2.46. The van der Waals surface area contributed by atoms with Gasteiger partial charge in [-0.05, 0) is 18.1 Å². The molecule has 1 atom stereocenters. The third-order valence-corrected chi connectivity index (χ3v) is 3.57. The Balaban J connectivity index is 2.23. The summed E-state index contributed by atoms with van der Waals surface area (Å²) in [6.07, 6.45) is -0.294. The molecule has 0 spiro atoms. The lowest BCUT2D eigenvalue weighted by atomic mass is 10.1. The lowest BCUT2D eigenvalue weighted by Gasteiger charge is -2.32. The maximum absolute atomic E-state index is 12.6. The van der Waals surface area contributed by atoms with Crippen molar-refractivity contribution in [2.75, 3.05) is 38.7 Å². The molecule has 1 aromatic rings. The van der Waals surface area contributed by atoms with Crippen LogP contribution in [0, 0.1) is 0 Å². The molecule has 2 heterocycles. The monoisotopic (exact) mass is 293 g/mol. The van der Waals surface area contributed by atoms with Gasteiger partial charge in [0.15, 0.2) is 0 Å². The molecule has 0 saturated carbocycles. The molecule has 1 aromatic heterocycles. The highest BCUT2D eigenvalue weighted by molar-refractivity contribution is 5.95. The predicted molar refractivity (Wildman–Crippen MR) is 80.6 cm³/mol. The van der Waals surface area contributed by atoms with Gasteiger partial charge in [0.2, 0.25) is 0 Å². The van der Waals surface area contributed by atoms with E-state index in [-0.39, 0.29) is 24.5 Å². The minimum absolute atomic E-state index is 0.0439. The zero-order valence-corrected chi connectivity index (χ0v) is 12.8. The summed E-state index contributed by atoms with van der Waals surface area (Å²) in [5.74, 6) is 0.897.